The van der Waals surface area contributed by atoms with E-state index in [9.17, 15) is 8.42 Å². The molecule has 0 saturated heterocycles. The number of aryl methyl sites for hydroxylation is 1. The summed E-state index contributed by atoms with van der Waals surface area (Å²) in [6, 6.07) is 3.67. The lowest BCUT2D eigenvalue weighted by atomic mass is 10.1. The molecule has 1 rings (SSSR count). The molecule has 0 saturated carbocycles. The fourth-order valence-corrected chi connectivity index (χ4v) is 4.62. The Kier molecular flexibility index (Phi) is 6.40. The molecule has 1 N–H and O–H groups in total. The summed E-state index contributed by atoms with van der Waals surface area (Å²) in [5.74, 6) is 0.255. The van der Waals surface area contributed by atoms with Gasteiger partial charge < -0.3 is 5.32 Å². The second kappa shape index (κ2) is 7.22. The molecule has 0 aliphatic carbocycles. The predicted molar refractivity (Wildman–Crippen MR) is 90.9 cm³/mol. The van der Waals surface area contributed by atoms with Crippen LogP contribution in [0.2, 0.25) is 0 Å². The van der Waals surface area contributed by atoms with Crippen LogP contribution < -0.4 is 5.32 Å². The summed E-state index contributed by atoms with van der Waals surface area (Å²) in [4.78, 5) is 0.336. The van der Waals surface area contributed by atoms with Crippen LogP contribution in [0.1, 0.15) is 31.9 Å². The molecule has 0 aromatic heterocycles. The average molecular weight is 377 g/mol. The minimum Gasteiger partial charge on any atom is -0.316 e. The third-order valence-corrected chi connectivity index (χ3v) is 7.14. The van der Waals surface area contributed by atoms with Crippen LogP contribution in [0.4, 0.5) is 0 Å². The molecule has 0 aliphatic rings. The zero-order chi connectivity index (χ0) is 16.4. The summed E-state index contributed by atoms with van der Waals surface area (Å²) >= 11 is 3.43. The van der Waals surface area contributed by atoms with E-state index in [0.29, 0.717) is 15.9 Å². The van der Waals surface area contributed by atoms with Crippen molar-refractivity contribution in [3.8, 4) is 0 Å². The summed E-state index contributed by atoms with van der Waals surface area (Å²) in [5.41, 5.74) is 1.88. The van der Waals surface area contributed by atoms with Gasteiger partial charge in [-0.25, -0.2) is 8.42 Å². The Labute approximate surface area is 137 Å². The quantitative estimate of drug-likeness (QED) is 0.829. The molecule has 0 spiro atoms. The first-order valence-corrected chi connectivity index (χ1v) is 9.27. The van der Waals surface area contributed by atoms with Gasteiger partial charge in [-0.3, -0.25) is 0 Å². The first-order valence-electron chi connectivity index (χ1n) is 7.04. The van der Waals surface area contributed by atoms with Crippen LogP contribution in [-0.2, 0) is 16.6 Å². The minimum atomic E-state index is -3.52. The van der Waals surface area contributed by atoms with E-state index >= 15 is 0 Å². The van der Waals surface area contributed by atoms with Crippen molar-refractivity contribution in [2.45, 2.75) is 45.2 Å². The molecule has 1 atom stereocenters. The second-order valence-corrected chi connectivity index (χ2v) is 8.52. The summed E-state index contributed by atoms with van der Waals surface area (Å²) < 4.78 is 27.9. The number of hydrogen-bond donors (Lipinski definition) is 1. The van der Waals surface area contributed by atoms with Gasteiger partial charge in [-0.05, 0) is 59.9 Å². The number of benzene rings is 1. The van der Waals surface area contributed by atoms with Gasteiger partial charge in [-0.2, -0.15) is 4.31 Å². The van der Waals surface area contributed by atoms with Crippen molar-refractivity contribution in [3.63, 3.8) is 0 Å². The van der Waals surface area contributed by atoms with Crippen molar-refractivity contribution in [3.05, 3.63) is 27.7 Å². The van der Waals surface area contributed by atoms with Crippen molar-refractivity contribution in [2.75, 3.05) is 14.1 Å². The van der Waals surface area contributed by atoms with Crippen LogP contribution >= 0.6 is 15.9 Å². The van der Waals surface area contributed by atoms with Crippen molar-refractivity contribution in [1.82, 2.24) is 9.62 Å². The molecule has 1 aromatic carbocycles. The maximum absolute atomic E-state index is 12.9. The first-order chi connectivity index (χ1) is 9.62. The monoisotopic (exact) mass is 376 g/mol. The second-order valence-electron chi connectivity index (χ2n) is 5.76. The number of nitrogens with zero attached hydrogens (tertiary/aromatic N) is 1. The van der Waals surface area contributed by atoms with Gasteiger partial charge >= 0.3 is 0 Å². The molecule has 0 radical (unpaired) electrons. The van der Waals surface area contributed by atoms with Crippen molar-refractivity contribution >= 4 is 26.0 Å². The largest absolute Gasteiger partial charge is 0.316 e. The number of hydrogen-bond acceptors (Lipinski definition) is 3. The average Bonchev–Trinajstić information content (AvgIpc) is 2.40. The van der Waals surface area contributed by atoms with E-state index in [2.05, 4.69) is 21.2 Å². The number of rotatable bonds is 6. The lowest BCUT2D eigenvalue weighted by Gasteiger charge is -2.28. The van der Waals surface area contributed by atoms with E-state index in [-0.39, 0.29) is 12.0 Å². The maximum atomic E-state index is 12.9. The van der Waals surface area contributed by atoms with E-state index in [1.165, 1.54) is 4.31 Å². The lowest BCUT2D eigenvalue weighted by Crippen LogP contribution is -2.38. The maximum Gasteiger partial charge on any atom is 0.244 e. The van der Waals surface area contributed by atoms with E-state index in [1.807, 2.05) is 40.8 Å². The molecule has 1 aromatic rings. The Bertz CT molecular complexity index is 600. The summed E-state index contributed by atoms with van der Waals surface area (Å²) in [6.07, 6.45) is 0. The van der Waals surface area contributed by atoms with Crippen LogP contribution in [0.3, 0.4) is 0 Å². The molecule has 0 fully saturated rings. The molecule has 4 nitrogen and oxygen atoms in total. The third kappa shape index (κ3) is 4.06. The Morgan fingerprint density at radius 2 is 1.86 bits per heavy atom. The topological polar surface area (TPSA) is 49.4 Å². The molecule has 0 heterocycles. The molecular formula is C15H25BrN2O2S. The smallest absolute Gasteiger partial charge is 0.244 e. The Balaban J connectivity index is 3.37. The van der Waals surface area contributed by atoms with Crippen LogP contribution in [0, 0.1) is 12.8 Å². The van der Waals surface area contributed by atoms with Gasteiger partial charge in [-0.15, -0.1) is 0 Å². The number of sulfonamides is 1. The van der Waals surface area contributed by atoms with E-state index in [4.69, 9.17) is 0 Å². The fourth-order valence-electron chi connectivity index (χ4n) is 2.10. The number of nitrogens with one attached hydrogen (secondary N) is 1. The highest BCUT2D eigenvalue weighted by Crippen LogP contribution is 2.30. The molecule has 6 heteroatoms. The van der Waals surface area contributed by atoms with Crippen molar-refractivity contribution < 1.29 is 8.42 Å². The van der Waals surface area contributed by atoms with E-state index in [1.54, 1.807) is 13.1 Å². The van der Waals surface area contributed by atoms with Gasteiger partial charge in [0.05, 0.1) is 4.90 Å². The minimum absolute atomic E-state index is 0.0600. The van der Waals surface area contributed by atoms with Crippen molar-refractivity contribution in [2.24, 2.45) is 5.92 Å². The molecule has 0 bridgehead atoms. The summed E-state index contributed by atoms with van der Waals surface area (Å²) in [7, 11) is -0.0274. The molecule has 0 aliphatic heterocycles. The van der Waals surface area contributed by atoms with Crippen molar-refractivity contribution in [1.29, 1.82) is 0 Å². The highest BCUT2D eigenvalue weighted by atomic mass is 79.9. The molecule has 120 valence electrons. The molecular weight excluding hydrogens is 352 g/mol. The third-order valence-electron chi connectivity index (χ3n) is 3.86. The van der Waals surface area contributed by atoms with Gasteiger partial charge in [0.25, 0.3) is 0 Å². The fraction of sp³-hybridized carbons (Fsp3) is 0.600. The van der Waals surface area contributed by atoms with Gasteiger partial charge in [0, 0.05) is 24.1 Å². The van der Waals surface area contributed by atoms with Gasteiger partial charge in [0.1, 0.15) is 0 Å². The van der Waals surface area contributed by atoms with Crippen LogP contribution in [0.25, 0.3) is 0 Å². The van der Waals surface area contributed by atoms with Crippen LogP contribution in [-0.4, -0.2) is 32.9 Å². The molecule has 21 heavy (non-hydrogen) atoms. The summed E-state index contributed by atoms with van der Waals surface area (Å²) in [6.45, 7) is 8.53. The lowest BCUT2D eigenvalue weighted by molar-refractivity contribution is 0.315. The predicted octanol–water partition coefficient (Wildman–Crippen LogP) is 3.14. The Morgan fingerprint density at radius 3 is 2.33 bits per heavy atom. The van der Waals surface area contributed by atoms with Crippen LogP contribution in [0.5, 0.6) is 0 Å². The zero-order valence-electron chi connectivity index (χ0n) is 13.6. The first kappa shape index (κ1) is 18.6. The van der Waals surface area contributed by atoms with Gasteiger partial charge in [-0.1, -0.05) is 19.9 Å². The molecule has 1 unspecified atom stereocenters. The normalized spacial score (nSPS) is 14.0. The molecule has 0 amide bonds. The number of halogens is 1. The van der Waals surface area contributed by atoms with Gasteiger partial charge in [0.2, 0.25) is 10.0 Å². The Morgan fingerprint density at radius 1 is 1.29 bits per heavy atom. The van der Waals surface area contributed by atoms with E-state index in [0.717, 1.165) is 11.1 Å². The summed E-state index contributed by atoms with van der Waals surface area (Å²) in [5, 5.41) is 3.06. The zero-order valence-corrected chi connectivity index (χ0v) is 16.0. The van der Waals surface area contributed by atoms with Gasteiger partial charge in [0.15, 0.2) is 0 Å². The van der Waals surface area contributed by atoms with Crippen LogP contribution in [0.15, 0.2) is 21.5 Å². The highest BCUT2D eigenvalue weighted by molar-refractivity contribution is 9.10. The Hall–Kier alpha value is -0.430. The van der Waals surface area contributed by atoms with E-state index < -0.39 is 10.0 Å². The SMILES string of the molecule is CNCc1cc(C)c(Br)c(S(=O)(=O)N(C)C(C)C(C)C)c1. The standard InChI is InChI=1S/C15H25BrN2O2S/c1-10(2)12(4)18(6)21(19,20)14-8-13(9-17-5)7-11(3)15(14)16/h7-8,10,12,17H,9H2,1-6H3. The highest BCUT2D eigenvalue weighted by Gasteiger charge is 2.29.